The largest absolute Gasteiger partial charge is 0.310 e. The first kappa shape index (κ1) is 34.8. The van der Waals surface area contributed by atoms with Crippen LogP contribution in [0, 0.1) is 0 Å². The van der Waals surface area contributed by atoms with E-state index in [-0.39, 0.29) is 0 Å². The van der Waals surface area contributed by atoms with Gasteiger partial charge in [-0.2, -0.15) is 0 Å². The van der Waals surface area contributed by atoms with Crippen molar-refractivity contribution in [2.75, 3.05) is 4.90 Å². The fourth-order valence-corrected chi connectivity index (χ4v) is 9.04. The first-order valence-electron chi connectivity index (χ1n) is 20.7. The average molecular weight is 777 g/mol. The van der Waals surface area contributed by atoms with Gasteiger partial charge in [0.15, 0.2) is 0 Å². The summed E-state index contributed by atoms with van der Waals surface area (Å²) in [6.07, 6.45) is 0. The Hall–Kier alpha value is -8.21. The molecule has 0 bridgehead atoms. The van der Waals surface area contributed by atoms with Gasteiger partial charge in [0.25, 0.3) is 0 Å². The molecule has 12 aromatic rings. The molecule has 0 fully saturated rings. The molecule has 0 spiro atoms. The zero-order valence-corrected chi connectivity index (χ0v) is 33.1. The van der Waals surface area contributed by atoms with Crippen LogP contribution in [-0.4, -0.2) is 15.0 Å². The van der Waals surface area contributed by atoms with Gasteiger partial charge in [0.05, 0.1) is 33.6 Å². The quantitative estimate of drug-likeness (QED) is 0.158. The molecule has 9 aromatic carbocycles. The number of para-hydroxylation sites is 2. The minimum atomic E-state index is 0.888. The fraction of sp³-hybridized carbons (Fsp3) is 0. The number of hydrogen-bond acceptors (Lipinski definition) is 4. The summed E-state index contributed by atoms with van der Waals surface area (Å²) in [7, 11) is 0. The van der Waals surface area contributed by atoms with E-state index in [1.54, 1.807) is 0 Å². The summed E-state index contributed by atoms with van der Waals surface area (Å²) in [5.74, 6) is 0. The second kappa shape index (κ2) is 14.3. The van der Waals surface area contributed by atoms with E-state index in [1.807, 2.05) is 6.07 Å². The highest BCUT2D eigenvalue weighted by Gasteiger charge is 2.19. The highest BCUT2D eigenvalue weighted by atomic mass is 15.1. The molecule has 0 aliphatic rings. The van der Waals surface area contributed by atoms with Crippen molar-refractivity contribution in [1.82, 2.24) is 15.0 Å². The number of rotatable bonds is 6. The third-order valence-electron chi connectivity index (χ3n) is 12.0. The molecule has 0 aliphatic carbocycles. The number of pyridine rings is 3. The molecule has 4 nitrogen and oxygen atoms in total. The molecule has 0 N–H and O–H groups in total. The molecular weight excluding hydrogens is 741 g/mol. The summed E-state index contributed by atoms with van der Waals surface area (Å²) in [5, 5.41) is 10.3. The van der Waals surface area contributed by atoms with Crippen LogP contribution in [-0.2, 0) is 0 Å². The topological polar surface area (TPSA) is 41.9 Å². The van der Waals surface area contributed by atoms with E-state index in [0.29, 0.717) is 0 Å². The second-order valence-corrected chi connectivity index (χ2v) is 15.6. The van der Waals surface area contributed by atoms with Crippen LogP contribution in [0.15, 0.2) is 218 Å². The van der Waals surface area contributed by atoms with Gasteiger partial charge in [-0.1, -0.05) is 158 Å². The van der Waals surface area contributed by atoms with E-state index >= 15 is 0 Å². The summed E-state index contributed by atoms with van der Waals surface area (Å²) in [4.78, 5) is 18.4. The summed E-state index contributed by atoms with van der Waals surface area (Å²) in [6.45, 7) is 0. The van der Waals surface area contributed by atoms with Gasteiger partial charge in [0.1, 0.15) is 0 Å². The molecule has 0 unspecified atom stereocenters. The molecule has 61 heavy (non-hydrogen) atoms. The van der Waals surface area contributed by atoms with Crippen LogP contribution in [0.25, 0.3) is 98.8 Å². The highest BCUT2D eigenvalue weighted by Crippen LogP contribution is 2.43. The molecule has 0 aliphatic heterocycles. The van der Waals surface area contributed by atoms with Gasteiger partial charge in [-0.05, 0) is 82.2 Å². The molecule has 0 amide bonds. The molecule has 0 saturated heterocycles. The Balaban J connectivity index is 1.05. The Morgan fingerprint density at radius 2 is 0.869 bits per heavy atom. The van der Waals surface area contributed by atoms with E-state index in [0.717, 1.165) is 94.3 Å². The van der Waals surface area contributed by atoms with Crippen LogP contribution >= 0.6 is 0 Å². The summed E-state index contributed by atoms with van der Waals surface area (Å²) in [6, 6.07) is 77.4. The highest BCUT2D eigenvalue weighted by molar-refractivity contribution is 6.25. The molecule has 0 radical (unpaired) electrons. The van der Waals surface area contributed by atoms with Crippen LogP contribution < -0.4 is 4.90 Å². The lowest BCUT2D eigenvalue weighted by atomic mass is 9.91. The molecular formula is C57H36N4. The number of hydrogen-bond donors (Lipinski definition) is 0. The molecule has 0 atom stereocenters. The molecule has 284 valence electrons. The summed E-state index contributed by atoms with van der Waals surface area (Å²) in [5.41, 5.74) is 12.0. The Bertz CT molecular complexity index is 3640. The normalized spacial score (nSPS) is 11.6. The van der Waals surface area contributed by atoms with Crippen LogP contribution in [0.4, 0.5) is 17.1 Å². The van der Waals surface area contributed by atoms with Crippen molar-refractivity contribution < 1.29 is 0 Å². The van der Waals surface area contributed by atoms with Crippen molar-refractivity contribution in [3.63, 3.8) is 0 Å². The summed E-state index contributed by atoms with van der Waals surface area (Å²) < 4.78 is 0. The molecule has 3 aromatic heterocycles. The lowest BCUT2D eigenvalue weighted by Crippen LogP contribution is -2.09. The maximum atomic E-state index is 5.45. The minimum Gasteiger partial charge on any atom is -0.310 e. The predicted octanol–water partition coefficient (Wildman–Crippen LogP) is 15.3. The average Bonchev–Trinajstić information content (AvgIpc) is 3.34. The number of aromatic nitrogens is 3. The second-order valence-electron chi connectivity index (χ2n) is 15.6. The van der Waals surface area contributed by atoms with Crippen LogP contribution in [0.2, 0.25) is 0 Å². The van der Waals surface area contributed by atoms with Gasteiger partial charge in [-0.15, -0.1) is 0 Å². The fourth-order valence-electron chi connectivity index (χ4n) is 9.04. The number of anilines is 3. The standard InChI is InChI=1S/C57H36N4/c1-3-14-38(15-4-1)51-33-28-40-23-24-41-29-34-53(60-57(41)56(40)58-51)49-36-50-54(47-20-10-9-19-46(47)49)48-21-11-12-22-52(48)59-55(50)39-26-30-44(31-27-39)61(43-17-5-2-6-18-43)45-32-25-37-13-7-8-16-42(37)35-45/h1-36H. The SMILES string of the molecule is c1ccc(-c2ccc3ccc4ccc(-c5cc6c(-c7ccc(N(c8ccccc8)c8ccc9ccccc9c8)cc7)nc7ccccc7c6c6ccccc56)nc4c3n2)cc1. The Morgan fingerprint density at radius 1 is 0.311 bits per heavy atom. The van der Waals surface area contributed by atoms with Gasteiger partial charge < -0.3 is 4.90 Å². The molecule has 0 saturated carbocycles. The monoisotopic (exact) mass is 776 g/mol. The first-order chi connectivity index (χ1) is 30.2. The Morgan fingerprint density at radius 3 is 1.64 bits per heavy atom. The van der Waals surface area contributed by atoms with Gasteiger partial charge in [-0.25, -0.2) is 15.0 Å². The zero-order chi connectivity index (χ0) is 40.3. The number of benzene rings is 9. The van der Waals surface area contributed by atoms with E-state index < -0.39 is 0 Å². The van der Waals surface area contributed by atoms with Crippen molar-refractivity contribution in [1.29, 1.82) is 0 Å². The Kier molecular flexibility index (Phi) is 8.13. The van der Waals surface area contributed by atoms with E-state index in [4.69, 9.17) is 15.0 Å². The smallest absolute Gasteiger partial charge is 0.0972 e. The Labute approximate surface area is 352 Å². The minimum absolute atomic E-state index is 0.888. The van der Waals surface area contributed by atoms with Crippen LogP contribution in [0.5, 0.6) is 0 Å². The summed E-state index contributed by atoms with van der Waals surface area (Å²) >= 11 is 0. The van der Waals surface area contributed by atoms with Crippen LogP contribution in [0.3, 0.4) is 0 Å². The van der Waals surface area contributed by atoms with E-state index in [1.165, 1.54) is 21.5 Å². The third kappa shape index (κ3) is 5.96. The van der Waals surface area contributed by atoms with Crippen molar-refractivity contribution in [3.05, 3.63) is 218 Å². The molecule has 12 rings (SSSR count). The maximum absolute atomic E-state index is 5.45. The van der Waals surface area contributed by atoms with Gasteiger partial charge in [-0.3, -0.25) is 0 Å². The molecule has 3 heterocycles. The van der Waals surface area contributed by atoms with E-state index in [9.17, 15) is 0 Å². The van der Waals surface area contributed by atoms with Crippen molar-refractivity contribution in [2.24, 2.45) is 0 Å². The van der Waals surface area contributed by atoms with Gasteiger partial charge >= 0.3 is 0 Å². The lowest BCUT2D eigenvalue weighted by molar-refractivity contribution is 1.29. The number of fused-ring (bicyclic) bond motifs is 9. The van der Waals surface area contributed by atoms with Gasteiger partial charge in [0.2, 0.25) is 0 Å². The first-order valence-corrected chi connectivity index (χ1v) is 20.7. The lowest BCUT2D eigenvalue weighted by Gasteiger charge is -2.26. The third-order valence-corrected chi connectivity index (χ3v) is 12.0. The van der Waals surface area contributed by atoms with Gasteiger partial charge in [0, 0.05) is 60.7 Å². The van der Waals surface area contributed by atoms with E-state index in [2.05, 4.69) is 217 Å². The van der Waals surface area contributed by atoms with Crippen molar-refractivity contribution >= 4 is 82.1 Å². The maximum Gasteiger partial charge on any atom is 0.0972 e. The van der Waals surface area contributed by atoms with Crippen LogP contribution in [0.1, 0.15) is 0 Å². The van der Waals surface area contributed by atoms with Crippen molar-refractivity contribution in [2.45, 2.75) is 0 Å². The zero-order valence-electron chi connectivity index (χ0n) is 33.1. The molecule has 4 heteroatoms. The number of nitrogens with zero attached hydrogens (tertiary/aromatic N) is 4. The predicted molar refractivity (Wildman–Crippen MR) is 256 cm³/mol. The van der Waals surface area contributed by atoms with Crippen molar-refractivity contribution in [3.8, 4) is 33.8 Å².